The monoisotopic (exact) mass is 587 g/mol. The van der Waals surface area contributed by atoms with Crippen LogP contribution in [0.2, 0.25) is 5.02 Å². The molecule has 2 aliphatic heterocycles. The van der Waals surface area contributed by atoms with Gasteiger partial charge in [0.15, 0.2) is 0 Å². The van der Waals surface area contributed by atoms with Gasteiger partial charge in [-0.15, -0.1) is 0 Å². The van der Waals surface area contributed by atoms with E-state index in [1.807, 2.05) is 22.8 Å². The highest BCUT2D eigenvalue weighted by atomic mass is 35.5. The number of carboxylic acid groups (broad SMARTS) is 1. The highest BCUT2D eigenvalue weighted by Crippen LogP contribution is 2.39. The van der Waals surface area contributed by atoms with Crippen molar-refractivity contribution in [3.05, 3.63) is 69.2 Å². The summed E-state index contributed by atoms with van der Waals surface area (Å²) in [6.07, 6.45) is 3.69. The number of piperazine rings is 1. The van der Waals surface area contributed by atoms with Gasteiger partial charge in [0.25, 0.3) is 0 Å². The zero-order valence-corrected chi connectivity index (χ0v) is 25.1. The summed E-state index contributed by atoms with van der Waals surface area (Å²) >= 11 is 5.75. The number of hydrogen-bond acceptors (Lipinski definition) is 4. The number of carbonyl (C=O) groups is 2. The van der Waals surface area contributed by atoms with Crippen LogP contribution in [0.3, 0.4) is 0 Å². The van der Waals surface area contributed by atoms with E-state index in [-0.39, 0.29) is 23.4 Å². The fourth-order valence-corrected chi connectivity index (χ4v) is 7.00. The third-order valence-corrected chi connectivity index (χ3v) is 9.64. The summed E-state index contributed by atoms with van der Waals surface area (Å²) < 4.78 is 28.9. The van der Waals surface area contributed by atoms with Crippen molar-refractivity contribution in [3.63, 3.8) is 0 Å². The van der Waals surface area contributed by atoms with Crippen LogP contribution in [0.1, 0.15) is 62.3 Å². The first-order chi connectivity index (χ1) is 19.3. The Labute approximate surface area is 246 Å². The van der Waals surface area contributed by atoms with Gasteiger partial charge in [-0.25, -0.2) is 8.78 Å². The van der Waals surface area contributed by atoms with Crippen LogP contribution in [0.5, 0.6) is 0 Å². The molecule has 0 bridgehead atoms. The third-order valence-electron chi connectivity index (χ3n) is 9.28. The highest BCUT2D eigenvalue weighted by Gasteiger charge is 2.45. The zero-order chi connectivity index (χ0) is 29.6. The van der Waals surface area contributed by atoms with Crippen LogP contribution >= 0.6 is 11.6 Å². The average molecular weight is 588 g/mol. The van der Waals surface area contributed by atoms with Crippen molar-refractivity contribution in [1.29, 1.82) is 0 Å². The minimum Gasteiger partial charge on any atom is -0.480 e. The normalized spacial score (nSPS) is 24.5. The highest BCUT2D eigenvalue weighted by molar-refractivity contribution is 6.30. The first-order valence-electron chi connectivity index (χ1n) is 14.6. The molecule has 2 heterocycles. The number of halogens is 3. The van der Waals surface area contributed by atoms with E-state index < -0.39 is 34.6 Å². The number of nitrogens with zero attached hydrogens (tertiary/aromatic N) is 3. The molecule has 3 aliphatic rings. The standard InChI is InChI=1S/C32H40ClF2N3O3/c1-19-16-36(28(31(40)41)13-20-8-9-21-6-5-7-22(21)12-20)10-11-38(19)30(39)25-18-37(32(2,3)4)17-24(25)23-14-26(34)29(33)27(35)15-23/h8-9,12,14-15,19,24-25,28H,5-7,10-11,13,16-18H2,1-4H3,(H,40,41)/t19-,24?,25?,28-/m0/s1. The zero-order valence-electron chi connectivity index (χ0n) is 24.3. The number of likely N-dealkylation sites (tertiary alicyclic amines) is 1. The molecule has 2 aromatic carbocycles. The molecule has 0 aromatic heterocycles. The molecule has 0 saturated carbocycles. The Balaban J connectivity index is 1.32. The summed E-state index contributed by atoms with van der Waals surface area (Å²) in [5.41, 5.74) is 3.92. The fourth-order valence-electron chi connectivity index (χ4n) is 6.89. The molecule has 9 heteroatoms. The van der Waals surface area contributed by atoms with Gasteiger partial charge in [-0.3, -0.25) is 19.4 Å². The number of fused-ring (bicyclic) bond motifs is 1. The van der Waals surface area contributed by atoms with E-state index in [4.69, 9.17) is 11.6 Å². The number of benzene rings is 2. The lowest BCUT2D eigenvalue weighted by Crippen LogP contribution is -2.59. The van der Waals surface area contributed by atoms with E-state index in [1.165, 1.54) is 23.3 Å². The first-order valence-corrected chi connectivity index (χ1v) is 15.0. The van der Waals surface area contributed by atoms with Crippen LogP contribution in [0.4, 0.5) is 8.78 Å². The summed E-state index contributed by atoms with van der Waals surface area (Å²) in [4.78, 5) is 32.4. The molecule has 0 spiro atoms. The lowest BCUT2D eigenvalue weighted by molar-refractivity contribution is -0.147. The predicted octanol–water partition coefficient (Wildman–Crippen LogP) is 5.15. The van der Waals surface area contributed by atoms with Crippen molar-refractivity contribution in [2.45, 2.75) is 76.9 Å². The Morgan fingerprint density at radius 2 is 1.71 bits per heavy atom. The molecular weight excluding hydrogens is 548 g/mol. The van der Waals surface area contributed by atoms with Crippen molar-refractivity contribution in [2.24, 2.45) is 5.92 Å². The van der Waals surface area contributed by atoms with Gasteiger partial charge < -0.3 is 10.0 Å². The summed E-state index contributed by atoms with van der Waals surface area (Å²) in [6.45, 7) is 10.4. The minimum absolute atomic E-state index is 0.0600. The van der Waals surface area contributed by atoms with Gasteiger partial charge in [-0.1, -0.05) is 29.8 Å². The van der Waals surface area contributed by atoms with Crippen LogP contribution in [-0.2, 0) is 28.9 Å². The number of rotatable bonds is 6. The molecule has 2 saturated heterocycles. The molecule has 41 heavy (non-hydrogen) atoms. The van der Waals surface area contributed by atoms with Crippen molar-refractivity contribution < 1.29 is 23.5 Å². The number of amides is 1. The van der Waals surface area contributed by atoms with Crippen LogP contribution in [-0.4, -0.2) is 82.0 Å². The molecule has 2 fully saturated rings. The molecular formula is C32H40ClF2N3O3. The van der Waals surface area contributed by atoms with E-state index in [1.54, 1.807) is 0 Å². The van der Waals surface area contributed by atoms with Crippen LogP contribution in [0.15, 0.2) is 30.3 Å². The van der Waals surface area contributed by atoms with Gasteiger partial charge in [0.1, 0.15) is 22.7 Å². The van der Waals surface area contributed by atoms with E-state index in [0.29, 0.717) is 44.7 Å². The molecule has 222 valence electrons. The molecule has 1 N–H and O–H groups in total. The number of aliphatic carboxylic acids is 1. The molecule has 6 nitrogen and oxygen atoms in total. The van der Waals surface area contributed by atoms with Gasteiger partial charge in [-0.2, -0.15) is 0 Å². The Morgan fingerprint density at radius 3 is 2.34 bits per heavy atom. The molecule has 5 rings (SSSR count). The lowest BCUT2D eigenvalue weighted by Gasteiger charge is -2.43. The van der Waals surface area contributed by atoms with Gasteiger partial charge >= 0.3 is 5.97 Å². The van der Waals surface area contributed by atoms with E-state index in [9.17, 15) is 23.5 Å². The minimum atomic E-state index is -0.860. The molecule has 2 unspecified atom stereocenters. The summed E-state index contributed by atoms with van der Waals surface area (Å²) in [5, 5.41) is 9.60. The van der Waals surface area contributed by atoms with E-state index in [2.05, 4.69) is 37.8 Å². The van der Waals surface area contributed by atoms with Crippen LogP contribution in [0.25, 0.3) is 0 Å². The lowest BCUT2D eigenvalue weighted by atomic mass is 9.87. The van der Waals surface area contributed by atoms with Crippen LogP contribution < -0.4 is 0 Å². The largest absolute Gasteiger partial charge is 0.480 e. The smallest absolute Gasteiger partial charge is 0.321 e. The SMILES string of the molecule is C[C@H]1CN([C@@H](Cc2ccc3c(c2)CCC3)C(=O)O)CCN1C(=O)C1CN(C(C)(C)C)CC1c1cc(F)c(Cl)c(F)c1. The van der Waals surface area contributed by atoms with Gasteiger partial charge in [0, 0.05) is 50.2 Å². The molecule has 0 radical (unpaired) electrons. The van der Waals surface area contributed by atoms with Crippen molar-refractivity contribution in [2.75, 3.05) is 32.7 Å². The quantitative estimate of drug-likeness (QED) is 0.474. The molecule has 4 atom stereocenters. The van der Waals surface area contributed by atoms with Crippen molar-refractivity contribution in [3.8, 4) is 0 Å². The second-order valence-electron chi connectivity index (χ2n) is 13.0. The number of carboxylic acids is 1. The number of carbonyl (C=O) groups excluding carboxylic acids is 1. The second kappa shape index (κ2) is 11.6. The Kier molecular flexibility index (Phi) is 8.48. The number of aryl methyl sites for hydroxylation is 2. The average Bonchev–Trinajstić information content (AvgIpc) is 3.57. The molecule has 1 amide bonds. The van der Waals surface area contributed by atoms with Gasteiger partial charge in [-0.05, 0) is 87.8 Å². The third kappa shape index (κ3) is 6.15. The topological polar surface area (TPSA) is 64.1 Å². The Hall–Kier alpha value is -2.55. The summed E-state index contributed by atoms with van der Waals surface area (Å²) in [6, 6.07) is 7.96. The maximum atomic E-state index is 14.4. The van der Waals surface area contributed by atoms with E-state index in [0.717, 1.165) is 24.8 Å². The fraction of sp³-hybridized carbons (Fsp3) is 0.562. The maximum Gasteiger partial charge on any atom is 0.321 e. The van der Waals surface area contributed by atoms with Gasteiger partial charge in [0.2, 0.25) is 5.91 Å². The molecule has 1 aliphatic carbocycles. The van der Waals surface area contributed by atoms with Crippen molar-refractivity contribution in [1.82, 2.24) is 14.7 Å². The second-order valence-corrected chi connectivity index (χ2v) is 13.4. The van der Waals surface area contributed by atoms with Crippen LogP contribution in [0, 0.1) is 17.6 Å². The van der Waals surface area contributed by atoms with E-state index >= 15 is 0 Å². The van der Waals surface area contributed by atoms with Crippen molar-refractivity contribution >= 4 is 23.5 Å². The summed E-state index contributed by atoms with van der Waals surface area (Å²) in [5.74, 6) is -3.44. The Morgan fingerprint density at radius 1 is 1.02 bits per heavy atom. The molecule has 2 aromatic rings. The number of hydrogen-bond donors (Lipinski definition) is 1. The summed E-state index contributed by atoms with van der Waals surface area (Å²) in [7, 11) is 0. The van der Waals surface area contributed by atoms with Gasteiger partial charge in [0.05, 0.1) is 5.92 Å². The Bertz CT molecular complexity index is 1310. The maximum absolute atomic E-state index is 14.4. The first kappa shape index (κ1) is 29.9. The predicted molar refractivity (Wildman–Crippen MR) is 155 cm³/mol.